The lowest BCUT2D eigenvalue weighted by atomic mass is 10.0. The van der Waals surface area contributed by atoms with E-state index in [1.54, 1.807) is 0 Å². The number of carbonyl (C=O) groups excluding carboxylic acids is 1. The van der Waals surface area contributed by atoms with Crippen molar-refractivity contribution in [2.45, 2.75) is 32.2 Å². The first kappa shape index (κ1) is 11.1. The van der Waals surface area contributed by atoms with E-state index in [0.717, 1.165) is 31.7 Å². The van der Waals surface area contributed by atoms with Crippen LogP contribution in [0.2, 0.25) is 0 Å². The van der Waals surface area contributed by atoms with Crippen LogP contribution in [0.4, 0.5) is 4.79 Å². The highest BCUT2D eigenvalue weighted by atomic mass is 32.2. The molecule has 2 amide bonds. The van der Waals surface area contributed by atoms with Gasteiger partial charge in [-0.15, -0.1) is 0 Å². The van der Waals surface area contributed by atoms with E-state index in [0.29, 0.717) is 12.0 Å². The first-order chi connectivity index (χ1) is 7.25. The molecule has 2 saturated heterocycles. The number of thioether (sulfide) groups is 1. The van der Waals surface area contributed by atoms with Crippen molar-refractivity contribution in [1.82, 2.24) is 10.2 Å². The van der Waals surface area contributed by atoms with Crippen molar-refractivity contribution in [2.75, 3.05) is 24.6 Å². The molecule has 2 atom stereocenters. The summed E-state index contributed by atoms with van der Waals surface area (Å²) in [5.41, 5.74) is 0. The maximum atomic E-state index is 11.9. The van der Waals surface area contributed by atoms with Crippen LogP contribution in [0.25, 0.3) is 0 Å². The third-order valence-corrected chi connectivity index (χ3v) is 4.36. The Labute approximate surface area is 96.0 Å². The van der Waals surface area contributed by atoms with Gasteiger partial charge in [0, 0.05) is 24.9 Å². The Hall–Kier alpha value is -0.380. The largest absolute Gasteiger partial charge is 0.334 e. The standard InChI is InChI=1S/C11H20N2OS/c1-9-3-2-5-13(7-9)11(14)12-10-4-6-15-8-10/h9-10H,2-8H2,1H3,(H,12,14). The molecule has 0 aromatic rings. The quantitative estimate of drug-likeness (QED) is 0.744. The molecule has 15 heavy (non-hydrogen) atoms. The SMILES string of the molecule is CC1CCCN(C(=O)NC2CCSC2)C1. The highest BCUT2D eigenvalue weighted by Gasteiger charge is 2.24. The zero-order valence-electron chi connectivity index (χ0n) is 9.37. The monoisotopic (exact) mass is 228 g/mol. The number of amides is 2. The molecule has 4 heteroatoms. The lowest BCUT2D eigenvalue weighted by molar-refractivity contribution is 0.167. The number of hydrogen-bond donors (Lipinski definition) is 1. The topological polar surface area (TPSA) is 32.3 Å². The van der Waals surface area contributed by atoms with Crippen LogP contribution in [0.3, 0.4) is 0 Å². The van der Waals surface area contributed by atoms with E-state index in [4.69, 9.17) is 0 Å². The van der Waals surface area contributed by atoms with Gasteiger partial charge in [-0.05, 0) is 30.9 Å². The summed E-state index contributed by atoms with van der Waals surface area (Å²) in [6.07, 6.45) is 3.57. The lowest BCUT2D eigenvalue weighted by Gasteiger charge is -2.31. The van der Waals surface area contributed by atoms with Crippen LogP contribution in [-0.4, -0.2) is 41.6 Å². The fourth-order valence-corrected chi connectivity index (χ4v) is 3.44. The predicted molar refractivity (Wildman–Crippen MR) is 64.2 cm³/mol. The Bertz CT molecular complexity index is 229. The number of nitrogens with zero attached hydrogens (tertiary/aromatic N) is 1. The second kappa shape index (κ2) is 5.10. The molecule has 2 aliphatic heterocycles. The van der Waals surface area contributed by atoms with E-state index < -0.39 is 0 Å². The highest BCUT2D eigenvalue weighted by Crippen LogP contribution is 2.19. The number of nitrogens with one attached hydrogen (secondary N) is 1. The molecule has 1 N–H and O–H groups in total. The smallest absolute Gasteiger partial charge is 0.317 e. The van der Waals surface area contributed by atoms with Crippen molar-refractivity contribution in [1.29, 1.82) is 0 Å². The third kappa shape index (κ3) is 3.03. The van der Waals surface area contributed by atoms with E-state index >= 15 is 0 Å². The number of hydrogen-bond acceptors (Lipinski definition) is 2. The summed E-state index contributed by atoms with van der Waals surface area (Å²) in [5.74, 6) is 2.96. The number of urea groups is 1. The Morgan fingerprint density at radius 2 is 2.33 bits per heavy atom. The molecule has 0 saturated carbocycles. The third-order valence-electron chi connectivity index (χ3n) is 3.20. The van der Waals surface area contributed by atoms with E-state index in [1.165, 1.54) is 12.2 Å². The Morgan fingerprint density at radius 3 is 3.00 bits per heavy atom. The minimum atomic E-state index is 0.161. The summed E-state index contributed by atoms with van der Waals surface area (Å²) in [7, 11) is 0. The highest BCUT2D eigenvalue weighted by molar-refractivity contribution is 7.99. The molecule has 0 bridgehead atoms. The summed E-state index contributed by atoms with van der Waals surface area (Å²) < 4.78 is 0. The molecule has 0 radical (unpaired) electrons. The fraction of sp³-hybridized carbons (Fsp3) is 0.909. The van der Waals surface area contributed by atoms with Gasteiger partial charge in [-0.1, -0.05) is 6.92 Å². The minimum absolute atomic E-state index is 0.161. The molecule has 0 aliphatic carbocycles. The van der Waals surface area contributed by atoms with Crippen LogP contribution in [0.5, 0.6) is 0 Å². The van der Waals surface area contributed by atoms with Crippen LogP contribution >= 0.6 is 11.8 Å². The summed E-state index contributed by atoms with van der Waals surface area (Å²) in [5, 5.41) is 3.14. The van der Waals surface area contributed by atoms with Crippen LogP contribution in [0.1, 0.15) is 26.2 Å². The van der Waals surface area contributed by atoms with Gasteiger partial charge in [0.2, 0.25) is 0 Å². The maximum absolute atomic E-state index is 11.9. The van der Waals surface area contributed by atoms with Crippen molar-refractivity contribution in [3.05, 3.63) is 0 Å². The molecule has 0 spiro atoms. The minimum Gasteiger partial charge on any atom is -0.334 e. The molecule has 2 fully saturated rings. The van der Waals surface area contributed by atoms with Gasteiger partial charge in [0.1, 0.15) is 0 Å². The number of likely N-dealkylation sites (tertiary alicyclic amines) is 1. The van der Waals surface area contributed by atoms with Crippen LogP contribution in [0, 0.1) is 5.92 Å². The Balaban J connectivity index is 1.78. The van der Waals surface area contributed by atoms with Crippen LogP contribution < -0.4 is 5.32 Å². The normalized spacial score (nSPS) is 31.7. The van der Waals surface area contributed by atoms with Crippen LogP contribution in [-0.2, 0) is 0 Å². The summed E-state index contributed by atoms with van der Waals surface area (Å²) in [6.45, 7) is 4.10. The molecule has 86 valence electrons. The second-order valence-electron chi connectivity index (χ2n) is 4.70. The molecule has 2 unspecified atom stereocenters. The molecule has 3 nitrogen and oxygen atoms in total. The van der Waals surface area contributed by atoms with Crippen molar-refractivity contribution in [3.8, 4) is 0 Å². The summed E-state index contributed by atoms with van der Waals surface area (Å²) in [6, 6.07) is 0.578. The summed E-state index contributed by atoms with van der Waals surface area (Å²) >= 11 is 1.94. The van der Waals surface area contributed by atoms with E-state index in [2.05, 4.69) is 12.2 Å². The second-order valence-corrected chi connectivity index (χ2v) is 5.85. The van der Waals surface area contributed by atoms with Gasteiger partial charge in [-0.3, -0.25) is 0 Å². The number of carbonyl (C=O) groups is 1. The van der Waals surface area contributed by atoms with Crippen molar-refractivity contribution in [3.63, 3.8) is 0 Å². The average molecular weight is 228 g/mol. The van der Waals surface area contributed by atoms with Crippen molar-refractivity contribution >= 4 is 17.8 Å². The van der Waals surface area contributed by atoms with Crippen molar-refractivity contribution in [2.24, 2.45) is 5.92 Å². The Kier molecular flexibility index (Phi) is 3.78. The molecule has 0 aromatic heterocycles. The van der Waals surface area contributed by atoms with Gasteiger partial charge in [0.15, 0.2) is 0 Å². The zero-order chi connectivity index (χ0) is 10.7. The van der Waals surface area contributed by atoms with Crippen LogP contribution in [0.15, 0.2) is 0 Å². The molecular weight excluding hydrogens is 208 g/mol. The van der Waals surface area contributed by atoms with Gasteiger partial charge in [-0.25, -0.2) is 4.79 Å². The molecule has 0 aromatic carbocycles. The van der Waals surface area contributed by atoms with E-state index in [-0.39, 0.29) is 6.03 Å². The average Bonchev–Trinajstić information content (AvgIpc) is 2.70. The van der Waals surface area contributed by atoms with Crippen molar-refractivity contribution < 1.29 is 4.79 Å². The molecular formula is C11H20N2OS. The Morgan fingerprint density at radius 1 is 1.47 bits per heavy atom. The molecule has 2 heterocycles. The maximum Gasteiger partial charge on any atom is 0.317 e. The first-order valence-corrected chi connectivity index (χ1v) is 7.04. The zero-order valence-corrected chi connectivity index (χ0v) is 10.2. The molecule has 2 rings (SSSR count). The first-order valence-electron chi connectivity index (χ1n) is 5.89. The molecule has 2 aliphatic rings. The fourth-order valence-electron chi connectivity index (χ4n) is 2.29. The number of rotatable bonds is 1. The van der Waals surface area contributed by atoms with Gasteiger partial charge in [-0.2, -0.15) is 11.8 Å². The van der Waals surface area contributed by atoms with E-state index in [1.807, 2.05) is 16.7 Å². The summed E-state index contributed by atoms with van der Waals surface area (Å²) in [4.78, 5) is 13.9. The van der Waals surface area contributed by atoms with Gasteiger partial charge < -0.3 is 10.2 Å². The predicted octanol–water partition coefficient (Wildman–Crippen LogP) is 1.93. The lowest BCUT2D eigenvalue weighted by Crippen LogP contribution is -2.48. The van der Waals surface area contributed by atoms with Gasteiger partial charge in [0.05, 0.1) is 0 Å². The van der Waals surface area contributed by atoms with E-state index in [9.17, 15) is 4.79 Å². The van der Waals surface area contributed by atoms with Gasteiger partial charge >= 0.3 is 6.03 Å². The number of piperidine rings is 1. The van der Waals surface area contributed by atoms with Gasteiger partial charge in [0.25, 0.3) is 0 Å².